The summed E-state index contributed by atoms with van der Waals surface area (Å²) < 4.78 is 6.67. The maximum atomic E-state index is 6.67. The third kappa shape index (κ3) is 2.66. The number of benzene rings is 2. The molecular formula is C23H28N3O+. The van der Waals surface area contributed by atoms with E-state index in [1.807, 2.05) is 0 Å². The van der Waals surface area contributed by atoms with Crippen LogP contribution >= 0.6 is 0 Å². The van der Waals surface area contributed by atoms with E-state index in [4.69, 9.17) is 9.84 Å². The Morgan fingerprint density at radius 2 is 1.89 bits per heavy atom. The summed E-state index contributed by atoms with van der Waals surface area (Å²) in [6.45, 7) is 6.60. The molecule has 0 saturated carbocycles. The smallest absolute Gasteiger partial charge is 0.208 e. The lowest BCUT2D eigenvalue weighted by molar-refractivity contribution is -0.888. The first-order valence-corrected chi connectivity index (χ1v) is 10.1. The molecule has 0 unspecified atom stereocenters. The second kappa shape index (κ2) is 6.10. The number of nitrogens with one attached hydrogen (secondary N) is 1. The highest BCUT2D eigenvalue weighted by molar-refractivity contribution is 6.03. The summed E-state index contributed by atoms with van der Waals surface area (Å²) in [5, 5.41) is 7.52. The van der Waals surface area contributed by atoms with Gasteiger partial charge in [0.25, 0.3) is 0 Å². The van der Waals surface area contributed by atoms with Gasteiger partial charge in [-0.15, -0.1) is 0 Å². The fraction of sp³-hybridized carbons (Fsp3) is 0.435. The van der Waals surface area contributed by atoms with Gasteiger partial charge < -0.3 is 9.64 Å². The van der Waals surface area contributed by atoms with Crippen molar-refractivity contribution in [3.05, 3.63) is 64.7 Å². The molecule has 5 rings (SSSR count). The van der Waals surface area contributed by atoms with Gasteiger partial charge in [-0.25, -0.2) is 5.01 Å². The zero-order valence-corrected chi connectivity index (χ0v) is 16.5. The fourth-order valence-corrected chi connectivity index (χ4v) is 4.84. The molecule has 140 valence electrons. The quantitative estimate of drug-likeness (QED) is 0.845. The molecule has 3 aliphatic rings. The van der Waals surface area contributed by atoms with E-state index in [9.17, 15) is 0 Å². The molecule has 1 saturated heterocycles. The van der Waals surface area contributed by atoms with E-state index < -0.39 is 0 Å². The van der Waals surface area contributed by atoms with Crippen LogP contribution in [0.3, 0.4) is 0 Å². The van der Waals surface area contributed by atoms with E-state index in [-0.39, 0.29) is 11.8 Å². The second-order valence-corrected chi connectivity index (χ2v) is 8.47. The summed E-state index contributed by atoms with van der Waals surface area (Å²) in [5.41, 5.74) is 6.06. The highest BCUT2D eigenvalue weighted by atomic mass is 16.5. The van der Waals surface area contributed by atoms with Crippen molar-refractivity contribution in [1.82, 2.24) is 5.01 Å². The molecule has 2 aromatic carbocycles. The molecule has 27 heavy (non-hydrogen) atoms. The van der Waals surface area contributed by atoms with Crippen molar-refractivity contribution in [2.75, 3.05) is 20.1 Å². The molecule has 0 amide bonds. The first-order valence-electron chi connectivity index (χ1n) is 10.1. The summed E-state index contributed by atoms with van der Waals surface area (Å²) in [4.78, 5) is 1.58. The number of para-hydroxylation sites is 1. The highest BCUT2D eigenvalue weighted by Gasteiger charge is 2.52. The van der Waals surface area contributed by atoms with E-state index in [2.05, 4.69) is 68.4 Å². The van der Waals surface area contributed by atoms with E-state index in [1.54, 1.807) is 4.90 Å². The number of rotatable bonds is 1. The zero-order chi connectivity index (χ0) is 18.6. The van der Waals surface area contributed by atoms with E-state index in [0.29, 0.717) is 0 Å². The van der Waals surface area contributed by atoms with Gasteiger partial charge in [0, 0.05) is 17.5 Å². The van der Waals surface area contributed by atoms with Gasteiger partial charge in [-0.2, -0.15) is 5.10 Å². The minimum atomic E-state index is -0.294. The van der Waals surface area contributed by atoms with Crippen LogP contribution in [0.2, 0.25) is 0 Å². The van der Waals surface area contributed by atoms with Gasteiger partial charge in [0.05, 0.1) is 44.7 Å². The Morgan fingerprint density at radius 3 is 2.70 bits per heavy atom. The van der Waals surface area contributed by atoms with E-state index in [0.717, 1.165) is 38.1 Å². The minimum absolute atomic E-state index is 0.281. The fourth-order valence-electron chi connectivity index (χ4n) is 4.84. The van der Waals surface area contributed by atoms with Crippen molar-refractivity contribution >= 4 is 5.71 Å². The number of hydrazone groups is 1. The summed E-state index contributed by atoms with van der Waals surface area (Å²) in [6.07, 6.45) is 3.00. The van der Waals surface area contributed by atoms with Crippen LogP contribution in [0.1, 0.15) is 47.6 Å². The summed E-state index contributed by atoms with van der Waals surface area (Å²) in [5.74, 6) is 1.05. The predicted octanol–water partition coefficient (Wildman–Crippen LogP) is 2.85. The van der Waals surface area contributed by atoms with Gasteiger partial charge in [0.2, 0.25) is 5.72 Å². The van der Waals surface area contributed by atoms with Crippen LogP contribution in [0.5, 0.6) is 5.75 Å². The lowest BCUT2D eigenvalue weighted by atomic mass is 9.90. The second-order valence-electron chi connectivity index (χ2n) is 8.47. The molecule has 0 aliphatic carbocycles. The molecule has 0 radical (unpaired) electrons. The van der Waals surface area contributed by atoms with Gasteiger partial charge in [0.15, 0.2) is 0 Å². The van der Waals surface area contributed by atoms with Crippen molar-refractivity contribution in [1.29, 1.82) is 0 Å². The largest absolute Gasteiger partial charge is 0.466 e. The molecule has 1 fully saturated rings. The predicted molar refractivity (Wildman–Crippen MR) is 107 cm³/mol. The molecule has 1 spiro atoms. The van der Waals surface area contributed by atoms with Crippen LogP contribution in [-0.4, -0.2) is 36.6 Å². The number of aryl methyl sites for hydroxylation is 2. The van der Waals surface area contributed by atoms with Crippen LogP contribution in [-0.2, 0) is 0 Å². The van der Waals surface area contributed by atoms with Crippen molar-refractivity contribution in [2.24, 2.45) is 5.10 Å². The topological polar surface area (TPSA) is 29.3 Å². The van der Waals surface area contributed by atoms with E-state index in [1.165, 1.54) is 28.0 Å². The molecule has 3 heterocycles. The molecule has 1 atom stereocenters. The van der Waals surface area contributed by atoms with Gasteiger partial charge in [-0.1, -0.05) is 35.9 Å². The Morgan fingerprint density at radius 1 is 1.11 bits per heavy atom. The number of hydrogen-bond acceptors (Lipinski definition) is 3. The van der Waals surface area contributed by atoms with E-state index >= 15 is 0 Å². The van der Waals surface area contributed by atoms with Gasteiger partial charge in [-0.05, 0) is 31.5 Å². The van der Waals surface area contributed by atoms with Gasteiger partial charge in [-0.3, -0.25) is 0 Å². The van der Waals surface area contributed by atoms with Crippen LogP contribution < -0.4 is 9.64 Å². The van der Waals surface area contributed by atoms with Gasteiger partial charge in [0.1, 0.15) is 5.75 Å². The average Bonchev–Trinajstić information content (AvgIpc) is 3.13. The molecule has 0 bridgehead atoms. The molecule has 3 aliphatic heterocycles. The number of fused-ring (bicyclic) bond motifs is 4. The Bertz CT molecular complexity index is 912. The number of nitrogens with zero attached hydrogens (tertiary/aromatic N) is 2. The molecule has 4 nitrogen and oxygen atoms in total. The molecule has 2 aromatic rings. The van der Waals surface area contributed by atoms with Crippen LogP contribution in [0.4, 0.5) is 0 Å². The van der Waals surface area contributed by atoms with Crippen molar-refractivity contribution < 1.29 is 9.64 Å². The first kappa shape index (κ1) is 16.8. The third-order valence-corrected chi connectivity index (χ3v) is 6.49. The Hall–Kier alpha value is -2.33. The lowest BCUT2D eigenvalue weighted by Gasteiger charge is -2.49. The standard InChI is InChI=1S/C23H27N3O/c1-16-8-9-17(2)19(14-16)20-15-21-18-6-4-5-7-22(18)27-23(26(21)24-20)10-12-25(3)13-11-23/h4-9,14,21H,10-13,15H2,1-3H3/p+1/t21-/m0/s1. The average molecular weight is 362 g/mol. The SMILES string of the molecule is Cc1ccc(C)c(C2=NN3[C@@H](C2)c2ccccc2OC32CC[NH+](C)CC2)c1. The maximum Gasteiger partial charge on any atom is 0.208 e. The van der Waals surface area contributed by atoms with Crippen LogP contribution in [0.25, 0.3) is 0 Å². The highest BCUT2D eigenvalue weighted by Crippen LogP contribution is 2.49. The molecular weight excluding hydrogens is 334 g/mol. The number of hydrogen-bond donors (Lipinski definition) is 1. The summed E-state index contributed by atoms with van der Waals surface area (Å²) in [6, 6.07) is 15.5. The van der Waals surface area contributed by atoms with Crippen LogP contribution in [0, 0.1) is 13.8 Å². The lowest BCUT2D eigenvalue weighted by Crippen LogP contribution is -3.11. The Labute approximate surface area is 161 Å². The minimum Gasteiger partial charge on any atom is -0.466 e. The summed E-state index contributed by atoms with van der Waals surface area (Å²) in [7, 11) is 2.27. The maximum absolute atomic E-state index is 6.67. The van der Waals surface area contributed by atoms with Crippen molar-refractivity contribution in [3.63, 3.8) is 0 Å². The third-order valence-electron chi connectivity index (χ3n) is 6.49. The monoisotopic (exact) mass is 362 g/mol. The van der Waals surface area contributed by atoms with Crippen molar-refractivity contribution in [2.45, 2.75) is 44.9 Å². The molecule has 0 aromatic heterocycles. The number of quaternary nitrogens is 1. The Balaban J connectivity index is 1.60. The zero-order valence-electron chi connectivity index (χ0n) is 16.5. The van der Waals surface area contributed by atoms with Crippen LogP contribution in [0.15, 0.2) is 47.6 Å². The summed E-state index contributed by atoms with van der Waals surface area (Å²) >= 11 is 0. The molecule has 1 N–H and O–H groups in total. The number of ether oxygens (including phenoxy) is 1. The Kier molecular flexibility index (Phi) is 3.80. The van der Waals surface area contributed by atoms with Gasteiger partial charge >= 0.3 is 0 Å². The number of piperidine rings is 1. The molecule has 4 heteroatoms. The normalized spacial score (nSPS) is 29.1. The van der Waals surface area contributed by atoms with Crippen molar-refractivity contribution in [3.8, 4) is 5.75 Å². The number of likely N-dealkylation sites (tertiary alicyclic amines) is 1. The first-order chi connectivity index (χ1) is 13.1.